The first-order chi connectivity index (χ1) is 9.45. The fraction of sp³-hybridized carbons (Fsp3) is 0.0769. The van der Waals surface area contributed by atoms with Gasteiger partial charge < -0.3 is 16.8 Å². The van der Waals surface area contributed by atoms with Crippen LogP contribution >= 0.6 is 27.5 Å². The monoisotopic (exact) mass is 354 g/mol. The fourth-order valence-corrected chi connectivity index (χ4v) is 2.09. The average Bonchev–Trinajstić information content (AvgIpc) is 2.53. The lowest BCUT2D eigenvalue weighted by atomic mass is 10.2. The molecule has 1 aliphatic rings. The largest absolute Gasteiger partial charge is 0.397 e. The maximum absolute atomic E-state index is 11.9. The van der Waals surface area contributed by atoms with Crippen LogP contribution in [0.3, 0.4) is 0 Å². The SMILES string of the molecule is N/C(=C\C=C(/N)Cl)C1=Nc2ccc(Br)cc2NC(=O)C1. The zero-order valence-corrected chi connectivity index (χ0v) is 12.7. The molecule has 7 heteroatoms. The molecule has 20 heavy (non-hydrogen) atoms. The lowest BCUT2D eigenvalue weighted by Crippen LogP contribution is -2.18. The van der Waals surface area contributed by atoms with E-state index in [1.807, 2.05) is 6.07 Å². The zero-order valence-electron chi connectivity index (χ0n) is 10.4. The smallest absolute Gasteiger partial charge is 0.230 e. The summed E-state index contributed by atoms with van der Waals surface area (Å²) in [5.41, 5.74) is 13.3. The Labute approximate surface area is 129 Å². The Kier molecular flexibility index (Phi) is 4.46. The molecule has 1 aromatic rings. The van der Waals surface area contributed by atoms with Gasteiger partial charge in [-0.1, -0.05) is 27.5 Å². The molecule has 0 saturated heterocycles. The number of hydrogen-bond acceptors (Lipinski definition) is 4. The van der Waals surface area contributed by atoms with E-state index in [4.69, 9.17) is 23.1 Å². The Morgan fingerprint density at radius 1 is 1.40 bits per heavy atom. The van der Waals surface area contributed by atoms with Gasteiger partial charge in [-0.3, -0.25) is 4.79 Å². The summed E-state index contributed by atoms with van der Waals surface area (Å²) < 4.78 is 0.858. The van der Waals surface area contributed by atoms with Crippen LogP contribution in [0.1, 0.15) is 6.42 Å². The molecule has 1 heterocycles. The van der Waals surface area contributed by atoms with Crippen LogP contribution in [0.15, 0.2) is 50.7 Å². The highest BCUT2D eigenvalue weighted by Crippen LogP contribution is 2.31. The van der Waals surface area contributed by atoms with E-state index in [0.717, 1.165) is 4.47 Å². The first-order valence-corrected chi connectivity index (χ1v) is 6.88. The summed E-state index contributed by atoms with van der Waals surface area (Å²) in [4.78, 5) is 16.3. The van der Waals surface area contributed by atoms with Crippen LogP contribution in [0.25, 0.3) is 0 Å². The molecule has 1 amide bonds. The number of allylic oxidation sites excluding steroid dienone is 3. The number of rotatable bonds is 2. The molecule has 0 radical (unpaired) electrons. The molecule has 0 unspecified atom stereocenters. The number of aliphatic imine (C=N–C) groups is 1. The van der Waals surface area contributed by atoms with Crippen molar-refractivity contribution in [2.24, 2.45) is 16.5 Å². The number of halogens is 2. The Morgan fingerprint density at radius 3 is 2.85 bits per heavy atom. The predicted octanol–water partition coefficient (Wildman–Crippen LogP) is 2.75. The topological polar surface area (TPSA) is 93.5 Å². The standard InChI is InChI=1S/C13H12BrClN4O/c14-7-1-3-9-11(5-7)19-13(20)6-10(18-9)8(16)2-4-12(15)17/h1-5H,6,16-17H2,(H,19,20)/b8-2-,12-4-. The number of nitrogens with two attached hydrogens (primary N) is 2. The minimum Gasteiger partial charge on any atom is -0.397 e. The van der Waals surface area contributed by atoms with E-state index in [0.29, 0.717) is 22.8 Å². The molecule has 0 atom stereocenters. The summed E-state index contributed by atoms with van der Waals surface area (Å²) in [5.74, 6) is -0.181. The molecular weight excluding hydrogens is 344 g/mol. The molecule has 5 nitrogen and oxygen atoms in total. The molecule has 1 aliphatic heterocycles. The highest BCUT2D eigenvalue weighted by atomic mass is 79.9. The molecule has 0 spiro atoms. The summed E-state index contributed by atoms with van der Waals surface area (Å²) in [5, 5.41) is 2.89. The number of carbonyl (C=O) groups is 1. The van der Waals surface area contributed by atoms with Crippen LogP contribution in [0, 0.1) is 0 Å². The second-order valence-electron chi connectivity index (χ2n) is 4.12. The highest BCUT2D eigenvalue weighted by Gasteiger charge is 2.17. The van der Waals surface area contributed by atoms with Gasteiger partial charge in [0.25, 0.3) is 0 Å². The zero-order chi connectivity index (χ0) is 14.7. The van der Waals surface area contributed by atoms with Crippen LogP contribution in [0.2, 0.25) is 0 Å². The lowest BCUT2D eigenvalue weighted by molar-refractivity contribution is -0.115. The number of anilines is 1. The molecular formula is C13H12BrClN4O. The van der Waals surface area contributed by atoms with Crippen molar-refractivity contribution >= 4 is 50.5 Å². The molecule has 2 rings (SSSR count). The Hall–Kier alpha value is -1.79. The van der Waals surface area contributed by atoms with Gasteiger partial charge in [0.1, 0.15) is 0 Å². The van der Waals surface area contributed by atoms with Crippen molar-refractivity contribution in [2.45, 2.75) is 6.42 Å². The maximum atomic E-state index is 11.9. The lowest BCUT2D eigenvalue weighted by Gasteiger charge is -2.04. The van der Waals surface area contributed by atoms with Gasteiger partial charge in [0.05, 0.1) is 34.4 Å². The second-order valence-corrected chi connectivity index (χ2v) is 5.47. The quantitative estimate of drug-likeness (QED) is 0.562. The summed E-state index contributed by atoms with van der Waals surface area (Å²) in [6, 6.07) is 5.42. The fourth-order valence-electron chi connectivity index (χ4n) is 1.67. The van der Waals surface area contributed by atoms with Gasteiger partial charge in [-0.2, -0.15) is 0 Å². The summed E-state index contributed by atoms with van der Waals surface area (Å²) >= 11 is 8.88. The van der Waals surface area contributed by atoms with E-state index >= 15 is 0 Å². The molecule has 0 saturated carbocycles. The highest BCUT2D eigenvalue weighted by molar-refractivity contribution is 9.10. The number of amides is 1. The van der Waals surface area contributed by atoms with Gasteiger partial charge in [-0.25, -0.2) is 4.99 Å². The van der Waals surface area contributed by atoms with E-state index < -0.39 is 0 Å². The van der Waals surface area contributed by atoms with Gasteiger partial charge in [0.15, 0.2) is 0 Å². The normalized spacial score (nSPS) is 16.1. The first kappa shape index (κ1) is 14.6. The molecule has 104 valence electrons. The Morgan fingerprint density at radius 2 is 2.15 bits per heavy atom. The molecule has 5 N–H and O–H groups in total. The molecule has 1 aromatic carbocycles. The third-order valence-corrected chi connectivity index (χ3v) is 3.19. The molecule has 0 aliphatic carbocycles. The van der Waals surface area contributed by atoms with E-state index in [2.05, 4.69) is 26.2 Å². The third-order valence-electron chi connectivity index (χ3n) is 2.57. The summed E-state index contributed by atoms with van der Waals surface area (Å²) in [6.07, 6.45) is 3.06. The van der Waals surface area contributed by atoms with Crippen molar-refractivity contribution in [3.8, 4) is 0 Å². The summed E-state index contributed by atoms with van der Waals surface area (Å²) in [7, 11) is 0. The van der Waals surface area contributed by atoms with Gasteiger partial charge in [0.2, 0.25) is 5.91 Å². The number of fused-ring (bicyclic) bond motifs is 1. The van der Waals surface area contributed by atoms with E-state index in [9.17, 15) is 4.79 Å². The summed E-state index contributed by atoms with van der Waals surface area (Å²) in [6.45, 7) is 0. The van der Waals surface area contributed by atoms with Gasteiger partial charge in [-0.05, 0) is 30.4 Å². The van der Waals surface area contributed by atoms with Crippen LogP contribution in [0.5, 0.6) is 0 Å². The minimum atomic E-state index is -0.181. The van der Waals surface area contributed by atoms with Gasteiger partial charge in [-0.15, -0.1) is 0 Å². The first-order valence-electron chi connectivity index (χ1n) is 5.71. The van der Waals surface area contributed by atoms with Crippen LogP contribution in [0.4, 0.5) is 11.4 Å². The van der Waals surface area contributed by atoms with Crippen molar-refractivity contribution in [3.63, 3.8) is 0 Å². The van der Waals surface area contributed by atoms with Gasteiger partial charge >= 0.3 is 0 Å². The Bertz CT molecular complexity index is 648. The third kappa shape index (κ3) is 3.61. The van der Waals surface area contributed by atoms with Crippen molar-refractivity contribution in [1.29, 1.82) is 0 Å². The van der Waals surface area contributed by atoms with E-state index in [1.165, 1.54) is 12.2 Å². The predicted molar refractivity (Wildman–Crippen MR) is 84.9 cm³/mol. The van der Waals surface area contributed by atoms with Crippen LogP contribution in [-0.4, -0.2) is 11.6 Å². The Balaban J connectivity index is 2.44. The maximum Gasteiger partial charge on any atom is 0.230 e. The van der Waals surface area contributed by atoms with Crippen molar-refractivity contribution in [2.75, 3.05) is 5.32 Å². The van der Waals surface area contributed by atoms with Crippen molar-refractivity contribution in [1.82, 2.24) is 0 Å². The molecule has 0 fully saturated rings. The van der Waals surface area contributed by atoms with Gasteiger partial charge in [0, 0.05) is 4.47 Å². The molecule has 0 bridgehead atoms. The number of benzene rings is 1. The van der Waals surface area contributed by atoms with Crippen LogP contribution in [-0.2, 0) is 4.79 Å². The minimum absolute atomic E-state index is 0.0880. The number of nitrogens with one attached hydrogen (secondary N) is 1. The van der Waals surface area contributed by atoms with Crippen molar-refractivity contribution in [3.05, 3.63) is 45.7 Å². The van der Waals surface area contributed by atoms with Crippen LogP contribution < -0.4 is 16.8 Å². The number of carbonyl (C=O) groups excluding carboxylic acids is 1. The number of nitrogens with zero attached hydrogens (tertiary/aromatic N) is 1. The average molecular weight is 356 g/mol. The second kappa shape index (κ2) is 6.11. The van der Waals surface area contributed by atoms with E-state index in [1.54, 1.807) is 12.1 Å². The van der Waals surface area contributed by atoms with E-state index in [-0.39, 0.29) is 17.5 Å². The number of hydrogen-bond donors (Lipinski definition) is 3. The van der Waals surface area contributed by atoms with Crippen molar-refractivity contribution < 1.29 is 4.79 Å². The molecule has 0 aromatic heterocycles.